The zero-order valence-corrected chi connectivity index (χ0v) is 21.9. The standard InChI is InChI=1S/C26H34N6.HI/c1-21-28-13-15-31(21)20-24-11-6-10-23(16-24)17-29-26(27-2)30-18-25-12-7-14-32(25)19-22-8-4-3-5-9-22;/h3-6,8-11,13,15-16,25H,7,12,14,17-20H2,1-2H3,(H2,27,29,30);1H. The van der Waals surface area contributed by atoms with Crippen molar-refractivity contribution in [1.82, 2.24) is 25.1 Å². The van der Waals surface area contributed by atoms with Crippen LogP contribution < -0.4 is 10.6 Å². The minimum atomic E-state index is 0. The summed E-state index contributed by atoms with van der Waals surface area (Å²) in [4.78, 5) is 11.3. The van der Waals surface area contributed by atoms with Crippen molar-refractivity contribution >= 4 is 29.9 Å². The summed E-state index contributed by atoms with van der Waals surface area (Å²) in [6.07, 6.45) is 6.36. The van der Waals surface area contributed by atoms with Crippen LogP contribution in [-0.2, 0) is 19.6 Å². The average Bonchev–Trinajstić information content (AvgIpc) is 3.43. The van der Waals surface area contributed by atoms with Crippen LogP contribution in [0.5, 0.6) is 0 Å². The van der Waals surface area contributed by atoms with E-state index in [4.69, 9.17) is 0 Å². The summed E-state index contributed by atoms with van der Waals surface area (Å²) in [7, 11) is 1.84. The van der Waals surface area contributed by atoms with Crippen LogP contribution in [-0.4, -0.2) is 46.6 Å². The largest absolute Gasteiger partial charge is 0.355 e. The molecule has 1 aliphatic rings. The molecule has 4 rings (SSSR count). The molecule has 7 heteroatoms. The zero-order chi connectivity index (χ0) is 22.2. The molecular weight excluding hydrogens is 523 g/mol. The van der Waals surface area contributed by atoms with Gasteiger partial charge in [0.25, 0.3) is 0 Å². The first-order chi connectivity index (χ1) is 15.7. The summed E-state index contributed by atoms with van der Waals surface area (Å²) in [5.74, 6) is 1.89. The van der Waals surface area contributed by atoms with Crippen molar-refractivity contribution in [3.63, 3.8) is 0 Å². The number of aromatic nitrogens is 2. The second kappa shape index (κ2) is 12.7. The highest BCUT2D eigenvalue weighted by Crippen LogP contribution is 2.19. The first-order valence-electron chi connectivity index (χ1n) is 11.5. The molecule has 176 valence electrons. The number of nitrogens with one attached hydrogen (secondary N) is 2. The van der Waals surface area contributed by atoms with Gasteiger partial charge in [0.15, 0.2) is 5.96 Å². The van der Waals surface area contributed by atoms with E-state index in [1.165, 1.54) is 29.5 Å². The highest BCUT2D eigenvalue weighted by Gasteiger charge is 2.24. The van der Waals surface area contributed by atoms with E-state index in [0.717, 1.165) is 44.5 Å². The lowest BCUT2D eigenvalue weighted by Gasteiger charge is -2.25. The minimum Gasteiger partial charge on any atom is -0.355 e. The Hall–Kier alpha value is -2.39. The lowest BCUT2D eigenvalue weighted by atomic mass is 10.1. The van der Waals surface area contributed by atoms with Crippen LogP contribution in [0.4, 0.5) is 0 Å². The third kappa shape index (κ3) is 7.30. The molecule has 0 amide bonds. The second-order valence-electron chi connectivity index (χ2n) is 8.48. The number of hydrogen-bond acceptors (Lipinski definition) is 3. The number of likely N-dealkylation sites (tertiary alicyclic amines) is 1. The molecule has 1 aliphatic heterocycles. The van der Waals surface area contributed by atoms with E-state index < -0.39 is 0 Å². The molecule has 1 unspecified atom stereocenters. The second-order valence-corrected chi connectivity index (χ2v) is 8.48. The van der Waals surface area contributed by atoms with E-state index in [0.29, 0.717) is 6.04 Å². The van der Waals surface area contributed by atoms with Crippen molar-refractivity contribution in [3.8, 4) is 0 Å². The van der Waals surface area contributed by atoms with Gasteiger partial charge in [-0.1, -0.05) is 54.6 Å². The van der Waals surface area contributed by atoms with E-state index in [9.17, 15) is 0 Å². The fourth-order valence-corrected chi connectivity index (χ4v) is 4.38. The van der Waals surface area contributed by atoms with Gasteiger partial charge in [-0.15, -0.1) is 24.0 Å². The third-order valence-corrected chi connectivity index (χ3v) is 6.18. The van der Waals surface area contributed by atoms with E-state index in [-0.39, 0.29) is 24.0 Å². The molecule has 1 fully saturated rings. The van der Waals surface area contributed by atoms with Crippen molar-refractivity contribution in [2.45, 2.75) is 45.4 Å². The van der Waals surface area contributed by atoms with Crippen LogP contribution in [0.3, 0.4) is 0 Å². The van der Waals surface area contributed by atoms with Crippen LogP contribution in [0, 0.1) is 6.92 Å². The maximum atomic E-state index is 4.43. The Morgan fingerprint density at radius 3 is 2.58 bits per heavy atom. The Morgan fingerprint density at radius 1 is 1.03 bits per heavy atom. The molecule has 0 radical (unpaired) electrons. The Bertz CT molecular complexity index is 1020. The van der Waals surface area contributed by atoms with Gasteiger partial charge < -0.3 is 15.2 Å². The molecule has 0 spiro atoms. The number of imidazole rings is 1. The Balaban J connectivity index is 0.00000306. The molecule has 0 bridgehead atoms. The fourth-order valence-electron chi connectivity index (χ4n) is 4.38. The zero-order valence-electron chi connectivity index (χ0n) is 19.6. The van der Waals surface area contributed by atoms with Crippen LogP contribution in [0.15, 0.2) is 72.0 Å². The van der Waals surface area contributed by atoms with Gasteiger partial charge >= 0.3 is 0 Å². The molecule has 1 atom stereocenters. The van der Waals surface area contributed by atoms with Crippen molar-refractivity contribution < 1.29 is 0 Å². The molecule has 33 heavy (non-hydrogen) atoms. The summed E-state index contributed by atoms with van der Waals surface area (Å²) in [6.45, 7) is 6.71. The lowest BCUT2D eigenvalue weighted by molar-refractivity contribution is 0.245. The number of hydrogen-bond donors (Lipinski definition) is 2. The third-order valence-electron chi connectivity index (χ3n) is 6.18. The molecule has 6 nitrogen and oxygen atoms in total. The fraction of sp³-hybridized carbons (Fsp3) is 0.385. The van der Waals surface area contributed by atoms with Crippen molar-refractivity contribution in [2.24, 2.45) is 4.99 Å². The smallest absolute Gasteiger partial charge is 0.191 e. The highest BCUT2D eigenvalue weighted by atomic mass is 127. The quantitative estimate of drug-likeness (QED) is 0.248. The number of halogens is 1. The summed E-state index contributed by atoms with van der Waals surface area (Å²) in [5, 5.41) is 7.01. The molecule has 2 heterocycles. The highest BCUT2D eigenvalue weighted by molar-refractivity contribution is 14.0. The number of aliphatic imine (C=N–C) groups is 1. The number of nitrogens with zero attached hydrogens (tertiary/aromatic N) is 4. The Morgan fingerprint density at radius 2 is 1.82 bits per heavy atom. The average molecular weight is 559 g/mol. The van der Waals surface area contributed by atoms with Crippen molar-refractivity contribution in [3.05, 3.63) is 89.5 Å². The Kier molecular flexibility index (Phi) is 9.75. The van der Waals surface area contributed by atoms with Gasteiger partial charge in [0, 0.05) is 51.7 Å². The molecular formula is C26H35IN6. The van der Waals surface area contributed by atoms with Crippen molar-refractivity contribution in [1.29, 1.82) is 0 Å². The summed E-state index contributed by atoms with van der Waals surface area (Å²) in [5.41, 5.74) is 3.90. The van der Waals surface area contributed by atoms with Gasteiger partial charge in [-0.05, 0) is 43.0 Å². The van der Waals surface area contributed by atoms with Crippen LogP contribution >= 0.6 is 24.0 Å². The maximum Gasteiger partial charge on any atom is 0.191 e. The first-order valence-corrected chi connectivity index (χ1v) is 11.5. The number of rotatable bonds is 8. The van der Waals surface area contributed by atoms with E-state index >= 15 is 0 Å². The van der Waals surface area contributed by atoms with Crippen LogP contribution in [0.2, 0.25) is 0 Å². The minimum absolute atomic E-state index is 0. The van der Waals surface area contributed by atoms with Gasteiger partial charge in [-0.3, -0.25) is 9.89 Å². The Labute approximate surface area is 214 Å². The number of guanidine groups is 1. The predicted molar refractivity (Wildman–Crippen MR) is 146 cm³/mol. The van der Waals surface area contributed by atoms with Gasteiger partial charge in [-0.25, -0.2) is 4.98 Å². The summed E-state index contributed by atoms with van der Waals surface area (Å²) >= 11 is 0. The maximum absolute atomic E-state index is 4.43. The van der Waals surface area contributed by atoms with E-state index in [2.05, 4.69) is 84.7 Å². The number of benzene rings is 2. The molecule has 3 aromatic rings. The molecule has 0 saturated carbocycles. The SMILES string of the molecule is CN=C(NCc1cccc(Cn2ccnc2C)c1)NCC1CCCN1Cc1ccccc1.I. The van der Waals surface area contributed by atoms with Crippen molar-refractivity contribution in [2.75, 3.05) is 20.1 Å². The van der Waals surface area contributed by atoms with Crippen LogP contribution in [0.1, 0.15) is 35.4 Å². The summed E-state index contributed by atoms with van der Waals surface area (Å²) < 4.78 is 2.16. The van der Waals surface area contributed by atoms with E-state index in [1.54, 1.807) is 0 Å². The van der Waals surface area contributed by atoms with Gasteiger partial charge in [0.1, 0.15) is 5.82 Å². The molecule has 0 aliphatic carbocycles. The summed E-state index contributed by atoms with van der Waals surface area (Å²) in [6, 6.07) is 20.0. The van der Waals surface area contributed by atoms with Gasteiger partial charge in [-0.2, -0.15) is 0 Å². The molecule has 2 N–H and O–H groups in total. The molecule has 1 aromatic heterocycles. The first kappa shape index (κ1) is 25.2. The normalized spacial score (nSPS) is 16.4. The van der Waals surface area contributed by atoms with Gasteiger partial charge in [0.2, 0.25) is 0 Å². The van der Waals surface area contributed by atoms with Crippen LogP contribution in [0.25, 0.3) is 0 Å². The molecule has 1 saturated heterocycles. The number of aryl methyl sites for hydroxylation is 1. The predicted octanol–water partition coefficient (Wildman–Crippen LogP) is 4.19. The lowest BCUT2D eigenvalue weighted by Crippen LogP contribution is -2.44. The molecule has 2 aromatic carbocycles. The topological polar surface area (TPSA) is 57.5 Å². The monoisotopic (exact) mass is 558 g/mol. The van der Waals surface area contributed by atoms with E-state index in [1.807, 2.05) is 26.4 Å². The van der Waals surface area contributed by atoms with Gasteiger partial charge in [0.05, 0.1) is 0 Å².